The van der Waals surface area contributed by atoms with Crippen molar-refractivity contribution in [3.05, 3.63) is 42.0 Å². The Morgan fingerprint density at radius 3 is 2.21 bits per heavy atom. The Morgan fingerprint density at radius 1 is 0.818 bits per heavy atom. The van der Waals surface area contributed by atoms with Gasteiger partial charge in [-0.15, -0.1) is 0 Å². The molecule has 0 atom stereocenters. The molecule has 0 aliphatic heterocycles. The molecule has 0 saturated heterocycles. The molecule has 0 spiro atoms. The molecule has 1 nitrogen and oxygen atoms in total. The van der Waals surface area contributed by atoms with Crippen LogP contribution in [0.3, 0.4) is 0 Å². The SMILES string of the molecule is CCCCCOc1ccc(C2CCC(C#C/C=C/C3CCC(CCCCC)CC3)CC2)cc1. The first-order valence-electron chi connectivity index (χ1n) is 14.2. The first-order chi connectivity index (χ1) is 16.3. The lowest BCUT2D eigenvalue weighted by molar-refractivity contribution is 0.289. The van der Waals surface area contributed by atoms with Gasteiger partial charge in [0.15, 0.2) is 0 Å². The highest BCUT2D eigenvalue weighted by atomic mass is 16.5. The third kappa shape index (κ3) is 9.60. The van der Waals surface area contributed by atoms with Gasteiger partial charge in [0, 0.05) is 5.92 Å². The Kier molecular flexibility index (Phi) is 12.0. The number of hydrogen-bond acceptors (Lipinski definition) is 1. The molecule has 0 amide bonds. The van der Waals surface area contributed by atoms with Crippen LogP contribution in [0, 0.1) is 29.6 Å². The van der Waals surface area contributed by atoms with E-state index in [0.29, 0.717) is 11.8 Å². The van der Waals surface area contributed by atoms with E-state index in [1.165, 1.54) is 95.5 Å². The molecule has 0 unspecified atom stereocenters. The van der Waals surface area contributed by atoms with Crippen molar-refractivity contribution in [3.8, 4) is 17.6 Å². The Hall–Kier alpha value is -1.68. The van der Waals surface area contributed by atoms with E-state index in [4.69, 9.17) is 4.74 Å². The van der Waals surface area contributed by atoms with E-state index in [1.807, 2.05) is 0 Å². The molecule has 1 aromatic carbocycles. The van der Waals surface area contributed by atoms with Crippen molar-refractivity contribution in [2.75, 3.05) is 6.61 Å². The normalized spacial score (nSPS) is 25.5. The summed E-state index contributed by atoms with van der Waals surface area (Å²) in [7, 11) is 0. The Morgan fingerprint density at radius 2 is 1.52 bits per heavy atom. The van der Waals surface area contributed by atoms with Gasteiger partial charge in [-0.1, -0.05) is 82.4 Å². The summed E-state index contributed by atoms with van der Waals surface area (Å²) in [5.74, 6) is 11.0. The summed E-state index contributed by atoms with van der Waals surface area (Å²) in [6.45, 7) is 5.37. The summed E-state index contributed by atoms with van der Waals surface area (Å²) < 4.78 is 5.87. The molecule has 0 N–H and O–H groups in total. The molecule has 0 aromatic heterocycles. The quantitative estimate of drug-likeness (QED) is 0.242. The molecule has 0 bridgehead atoms. The lowest BCUT2D eigenvalue weighted by Crippen LogP contribution is -2.13. The molecule has 2 saturated carbocycles. The molecule has 33 heavy (non-hydrogen) atoms. The maximum Gasteiger partial charge on any atom is 0.119 e. The number of benzene rings is 1. The van der Waals surface area contributed by atoms with E-state index >= 15 is 0 Å². The van der Waals surface area contributed by atoms with Crippen LogP contribution in [-0.4, -0.2) is 6.61 Å². The van der Waals surface area contributed by atoms with Crippen LogP contribution >= 0.6 is 0 Å². The third-order valence-corrected chi connectivity index (χ3v) is 7.94. The second-order valence-corrected chi connectivity index (χ2v) is 10.6. The van der Waals surface area contributed by atoms with Crippen LogP contribution in [0.2, 0.25) is 0 Å². The van der Waals surface area contributed by atoms with Crippen molar-refractivity contribution in [1.29, 1.82) is 0 Å². The van der Waals surface area contributed by atoms with Gasteiger partial charge in [-0.3, -0.25) is 0 Å². The maximum atomic E-state index is 5.87. The molecule has 2 fully saturated rings. The van der Waals surface area contributed by atoms with Crippen molar-refractivity contribution in [3.63, 3.8) is 0 Å². The van der Waals surface area contributed by atoms with E-state index in [0.717, 1.165) is 30.6 Å². The average Bonchev–Trinajstić information content (AvgIpc) is 2.86. The molecule has 2 aliphatic carbocycles. The monoisotopic (exact) mass is 448 g/mol. The summed E-state index contributed by atoms with van der Waals surface area (Å²) in [6, 6.07) is 8.90. The fourth-order valence-electron chi connectivity index (χ4n) is 5.65. The minimum absolute atomic E-state index is 0.585. The second-order valence-electron chi connectivity index (χ2n) is 10.6. The summed E-state index contributed by atoms with van der Waals surface area (Å²) in [5, 5.41) is 0. The minimum atomic E-state index is 0.585. The summed E-state index contributed by atoms with van der Waals surface area (Å²) in [5.41, 5.74) is 1.48. The Balaban J connectivity index is 1.32. The number of unbranched alkanes of at least 4 members (excludes halogenated alkanes) is 4. The highest BCUT2D eigenvalue weighted by molar-refractivity contribution is 5.30. The van der Waals surface area contributed by atoms with Crippen molar-refractivity contribution in [1.82, 2.24) is 0 Å². The maximum absolute atomic E-state index is 5.87. The molecular formula is C32H48O. The molecule has 3 rings (SSSR count). The topological polar surface area (TPSA) is 9.23 Å². The van der Waals surface area contributed by atoms with Crippen LogP contribution in [0.1, 0.15) is 122 Å². The standard InChI is InChI=1S/C32H48O/c1-3-5-7-11-27-14-16-28(17-15-27)12-8-9-13-29-18-20-30(21-19-29)31-22-24-32(25-23-31)33-26-10-6-4-2/h8,12,22-25,27-30H,3-7,10-11,14-21,26H2,1-2H3/b12-8+. The van der Waals surface area contributed by atoms with Gasteiger partial charge in [0.25, 0.3) is 0 Å². The molecular weight excluding hydrogens is 400 g/mol. The van der Waals surface area contributed by atoms with Gasteiger partial charge in [-0.05, 0) is 99.3 Å². The van der Waals surface area contributed by atoms with Crippen molar-refractivity contribution < 1.29 is 4.74 Å². The number of allylic oxidation sites excluding steroid dienone is 2. The average molecular weight is 449 g/mol. The first kappa shape index (κ1) is 25.9. The van der Waals surface area contributed by atoms with Crippen LogP contribution in [0.4, 0.5) is 0 Å². The second kappa shape index (κ2) is 15.3. The van der Waals surface area contributed by atoms with E-state index in [1.54, 1.807) is 0 Å². The van der Waals surface area contributed by atoms with E-state index in [9.17, 15) is 0 Å². The van der Waals surface area contributed by atoms with Crippen LogP contribution in [0.15, 0.2) is 36.4 Å². The van der Waals surface area contributed by atoms with Crippen molar-refractivity contribution in [2.24, 2.45) is 17.8 Å². The predicted octanol–water partition coefficient (Wildman–Crippen LogP) is 9.48. The van der Waals surface area contributed by atoms with E-state index in [-0.39, 0.29) is 0 Å². The van der Waals surface area contributed by atoms with Gasteiger partial charge in [-0.25, -0.2) is 0 Å². The van der Waals surface area contributed by atoms with Gasteiger partial charge >= 0.3 is 0 Å². The van der Waals surface area contributed by atoms with Gasteiger partial charge in [0.1, 0.15) is 5.75 Å². The van der Waals surface area contributed by atoms with Crippen LogP contribution in [0.5, 0.6) is 5.75 Å². The minimum Gasteiger partial charge on any atom is -0.494 e. The van der Waals surface area contributed by atoms with Gasteiger partial charge in [0.05, 0.1) is 6.61 Å². The fourth-order valence-corrected chi connectivity index (χ4v) is 5.65. The van der Waals surface area contributed by atoms with E-state index < -0.39 is 0 Å². The highest BCUT2D eigenvalue weighted by Gasteiger charge is 2.21. The lowest BCUT2D eigenvalue weighted by atomic mass is 9.79. The molecule has 182 valence electrons. The van der Waals surface area contributed by atoms with Crippen LogP contribution in [-0.2, 0) is 0 Å². The van der Waals surface area contributed by atoms with Crippen LogP contribution < -0.4 is 4.74 Å². The number of ether oxygens (including phenoxy) is 1. The zero-order valence-corrected chi connectivity index (χ0v) is 21.5. The summed E-state index contributed by atoms with van der Waals surface area (Å²) in [4.78, 5) is 0. The zero-order valence-electron chi connectivity index (χ0n) is 21.5. The largest absolute Gasteiger partial charge is 0.494 e. The summed E-state index contributed by atoms with van der Waals surface area (Å²) in [6.07, 6.45) is 24.5. The molecule has 0 heterocycles. The summed E-state index contributed by atoms with van der Waals surface area (Å²) >= 11 is 0. The van der Waals surface area contributed by atoms with Crippen molar-refractivity contribution in [2.45, 2.75) is 116 Å². The smallest absolute Gasteiger partial charge is 0.119 e. The van der Waals surface area contributed by atoms with Crippen LogP contribution in [0.25, 0.3) is 0 Å². The molecule has 1 heteroatoms. The Labute approximate surface area is 204 Å². The van der Waals surface area contributed by atoms with Crippen molar-refractivity contribution >= 4 is 0 Å². The number of rotatable bonds is 11. The zero-order chi connectivity index (χ0) is 23.1. The predicted molar refractivity (Wildman–Crippen MR) is 143 cm³/mol. The molecule has 2 aliphatic rings. The molecule has 1 aromatic rings. The van der Waals surface area contributed by atoms with E-state index in [2.05, 4.69) is 62.1 Å². The highest BCUT2D eigenvalue weighted by Crippen LogP contribution is 2.36. The number of hydrogen-bond donors (Lipinski definition) is 0. The first-order valence-corrected chi connectivity index (χ1v) is 14.2. The van der Waals surface area contributed by atoms with Gasteiger partial charge in [-0.2, -0.15) is 0 Å². The third-order valence-electron chi connectivity index (χ3n) is 7.94. The Bertz CT molecular complexity index is 718. The molecule has 0 radical (unpaired) electrons. The fraction of sp³-hybridized carbons (Fsp3) is 0.688. The lowest BCUT2D eigenvalue weighted by Gasteiger charge is -2.26. The van der Waals surface area contributed by atoms with Gasteiger partial charge < -0.3 is 4.74 Å². The van der Waals surface area contributed by atoms with Gasteiger partial charge in [0.2, 0.25) is 0 Å².